The van der Waals surface area contributed by atoms with E-state index in [1.807, 2.05) is 0 Å². The van der Waals surface area contributed by atoms with Crippen LogP contribution in [0.2, 0.25) is 0 Å². The fourth-order valence-corrected chi connectivity index (χ4v) is 2.12. The number of esters is 1. The molecule has 0 saturated heterocycles. The molecule has 0 aliphatic heterocycles. The number of carbonyl (C=O) groups is 1. The molecule has 0 aliphatic carbocycles. The summed E-state index contributed by atoms with van der Waals surface area (Å²) in [6.07, 6.45) is 0. The molecule has 0 radical (unpaired) electrons. The molecule has 120 valence electrons. The van der Waals surface area contributed by atoms with Gasteiger partial charge in [0.1, 0.15) is 21.4 Å². The second-order valence-electron chi connectivity index (χ2n) is 4.34. The van der Waals surface area contributed by atoms with Crippen LogP contribution in [0.4, 0.5) is 11.4 Å². The fourth-order valence-electron chi connectivity index (χ4n) is 1.65. The minimum absolute atomic E-state index is 0. The van der Waals surface area contributed by atoms with Crippen molar-refractivity contribution in [3.05, 3.63) is 48.0 Å². The summed E-state index contributed by atoms with van der Waals surface area (Å²) in [5.74, 6) is -0.967. The maximum atomic E-state index is 11.5. The molecule has 2 rings (SSSR count). The van der Waals surface area contributed by atoms with Gasteiger partial charge in [-0.1, -0.05) is 0 Å². The fraction of sp³-hybridized carbons (Fsp3) is 0.0714. The molecule has 8 nitrogen and oxygen atoms in total. The Labute approximate surface area is 180 Å². The van der Waals surface area contributed by atoms with E-state index in [0.717, 1.165) is 12.1 Å². The van der Waals surface area contributed by atoms with E-state index in [9.17, 15) is 22.9 Å². The van der Waals surface area contributed by atoms with Gasteiger partial charge in [0.05, 0.1) is 23.4 Å². The number of phenolic OH excluding ortho intramolecular Hbond substituents is 1. The Balaban J connectivity index is 0.00000288. The average molecular weight is 374 g/mol. The van der Waals surface area contributed by atoms with Gasteiger partial charge in [0.15, 0.2) is 0 Å². The molecule has 24 heavy (non-hydrogen) atoms. The first-order valence-corrected chi connectivity index (χ1v) is 7.61. The molecule has 2 aromatic carbocycles. The summed E-state index contributed by atoms with van der Waals surface area (Å²) in [4.78, 5) is 11.1. The van der Waals surface area contributed by atoms with Gasteiger partial charge in [-0.05, 0) is 42.5 Å². The summed E-state index contributed by atoms with van der Waals surface area (Å²) < 4.78 is 36.9. The first kappa shape index (κ1) is 20.9. The molecule has 0 unspecified atom stereocenters. The number of nitrogens with zero attached hydrogens (tertiary/aromatic N) is 2. The third-order valence-corrected chi connectivity index (χ3v) is 3.64. The Morgan fingerprint density at radius 2 is 1.62 bits per heavy atom. The Morgan fingerprint density at radius 3 is 2.17 bits per heavy atom. The summed E-state index contributed by atoms with van der Waals surface area (Å²) in [6, 6.07) is 8.86. The van der Waals surface area contributed by atoms with Crippen molar-refractivity contribution in [1.82, 2.24) is 0 Å². The Kier molecular flexibility index (Phi) is 7.67. The first-order chi connectivity index (χ1) is 10.8. The van der Waals surface area contributed by atoms with Gasteiger partial charge in [0.25, 0.3) is 0 Å². The summed E-state index contributed by atoms with van der Waals surface area (Å²) in [5.41, 5.74) is 0.533. The van der Waals surface area contributed by atoms with Crippen molar-refractivity contribution in [2.75, 3.05) is 7.11 Å². The molecule has 0 amide bonds. The van der Waals surface area contributed by atoms with E-state index < -0.39 is 16.1 Å². The van der Waals surface area contributed by atoms with Crippen LogP contribution in [-0.4, -0.2) is 31.2 Å². The number of rotatable bonds is 4. The van der Waals surface area contributed by atoms with Crippen molar-refractivity contribution < 1.29 is 79.0 Å². The van der Waals surface area contributed by atoms with Crippen LogP contribution in [0.25, 0.3) is 0 Å². The van der Waals surface area contributed by atoms with E-state index in [4.69, 9.17) is 0 Å². The Morgan fingerprint density at radius 1 is 1.08 bits per heavy atom. The smallest absolute Gasteiger partial charge is 0.744 e. The van der Waals surface area contributed by atoms with Crippen molar-refractivity contribution in [1.29, 1.82) is 0 Å². The molecule has 0 saturated carbocycles. The minimum Gasteiger partial charge on any atom is -0.744 e. The maximum absolute atomic E-state index is 11.5. The summed E-state index contributed by atoms with van der Waals surface area (Å²) >= 11 is 0. The summed E-state index contributed by atoms with van der Waals surface area (Å²) in [7, 11) is -3.33. The van der Waals surface area contributed by atoms with Crippen molar-refractivity contribution in [2.45, 2.75) is 4.90 Å². The zero-order valence-electron chi connectivity index (χ0n) is 12.8. The summed E-state index contributed by atoms with van der Waals surface area (Å²) in [6.45, 7) is 0. The van der Waals surface area contributed by atoms with Gasteiger partial charge in [-0.25, -0.2) is 13.2 Å². The normalized spacial score (nSPS) is 11.1. The molecule has 0 spiro atoms. The molecule has 0 bridgehead atoms. The third-order valence-electron chi connectivity index (χ3n) is 2.79. The van der Waals surface area contributed by atoms with E-state index in [1.165, 1.54) is 37.4 Å². The van der Waals surface area contributed by atoms with Crippen molar-refractivity contribution >= 4 is 27.5 Å². The number of hydrogen-bond acceptors (Lipinski definition) is 8. The zero-order valence-corrected chi connectivity index (χ0v) is 16.8. The second-order valence-corrected chi connectivity index (χ2v) is 5.72. The molecule has 1 N–H and O–H groups in total. The number of aromatic hydroxyl groups is 1. The van der Waals surface area contributed by atoms with Crippen molar-refractivity contribution in [2.24, 2.45) is 10.2 Å². The number of phenols is 1. The van der Waals surface area contributed by atoms with Crippen LogP contribution < -0.4 is 51.4 Å². The number of hydrogen-bond donors (Lipinski definition) is 1. The SMILES string of the molecule is COC(=O)c1cc(/N=N/c2ccc(S(=O)(=O)[O-])cc2)ccc1O.[K+]. The Hall–Kier alpha value is -1.14. The van der Waals surface area contributed by atoms with E-state index in [0.29, 0.717) is 5.69 Å². The molecule has 2 aromatic rings. The topological polar surface area (TPSA) is 128 Å². The molecular formula is C14H11KN2O6S. The summed E-state index contributed by atoms with van der Waals surface area (Å²) in [5, 5.41) is 17.3. The quantitative estimate of drug-likeness (QED) is 0.333. The standard InChI is InChI=1S/C14H12N2O6S.K/c1-22-14(18)12-8-10(4-7-13(12)17)16-15-9-2-5-11(6-3-9)23(19,20)21;/h2-8,17H,1H3,(H,19,20,21);/q;+1/p-1/b16-15+;. The van der Waals surface area contributed by atoms with E-state index in [-0.39, 0.29) is 73.3 Å². The Bertz CT molecular complexity index is 865. The molecule has 0 aromatic heterocycles. The largest absolute Gasteiger partial charge is 1.00 e. The molecule has 0 heterocycles. The zero-order chi connectivity index (χ0) is 17.0. The number of ether oxygens (including phenoxy) is 1. The molecule has 10 heteroatoms. The number of benzene rings is 2. The monoisotopic (exact) mass is 374 g/mol. The van der Waals surface area contributed by atoms with Gasteiger partial charge < -0.3 is 14.4 Å². The van der Waals surface area contributed by atoms with Crippen molar-refractivity contribution in [3.8, 4) is 5.75 Å². The van der Waals surface area contributed by atoms with Gasteiger partial charge in [-0.3, -0.25) is 0 Å². The van der Waals surface area contributed by atoms with Crippen LogP contribution in [0.5, 0.6) is 5.75 Å². The van der Waals surface area contributed by atoms with Crippen LogP contribution in [0.15, 0.2) is 57.6 Å². The number of methoxy groups -OCH3 is 1. The average Bonchev–Trinajstić information content (AvgIpc) is 2.53. The van der Waals surface area contributed by atoms with Gasteiger partial charge in [0.2, 0.25) is 0 Å². The maximum Gasteiger partial charge on any atom is 1.00 e. The molecule has 0 aliphatic rings. The van der Waals surface area contributed by atoms with Crippen LogP contribution >= 0.6 is 0 Å². The van der Waals surface area contributed by atoms with Crippen LogP contribution in [0.1, 0.15) is 10.4 Å². The van der Waals surface area contributed by atoms with Gasteiger partial charge in [-0.15, -0.1) is 0 Å². The predicted octanol–water partition coefficient (Wildman–Crippen LogP) is -0.498. The second kappa shape index (κ2) is 8.81. The predicted molar refractivity (Wildman–Crippen MR) is 78.0 cm³/mol. The molecular weight excluding hydrogens is 363 g/mol. The van der Waals surface area contributed by atoms with Gasteiger partial charge in [-0.2, -0.15) is 10.2 Å². The third kappa shape index (κ3) is 5.45. The molecule has 0 atom stereocenters. The van der Waals surface area contributed by atoms with E-state index >= 15 is 0 Å². The van der Waals surface area contributed by atoms with Crippen molar-refractivity contribution in [3.63, 3.8) is 0 Å². The number of azo groups is 1. The van der Waals surface area contributed by atoms with Crippen LogP contribution in [-0.2, 0) is 14.9 Å². The molecule has 0 fully saturated rings. The van der Waals surface area contributed by atoms with Gasteiger partial charge in [0, 0.05) is 0 Å². The van der Waals surface area contributed by atoms with Crippen LogP contribution in [0, 0.1) is 0 Å². The van der Waals surface area contributed by atoms with E-state index in [1.54, 1.807) is 0 Å². The van der Waals surface area contributed by atoms with E-state index in [2.05, 4.69) is 15.0 Å². The van der Waals surface area contributed by atoms with Crippen LogP contribution in [0.3, 0.4) is 0 Å². The first-order valence-electron chi connectivity index (χ1n) is 6.20. The minimum atomic E-state index is -4.51. The number of carbonyl (C=O) groups excluding carboxylic acids is 1. The van der Waals surface area contributed by atoms with Gasteiger partial charge >= 0.3 is 57.4 Å².